The summed E-state index contributed by atoms with van der Waals surface area (Å²) in [4.78, 5) is 26.5. The molecular weight excluding hydrogens is 306 g/mol. The average molecular weight is 331 g/mol. The lowest BCUT2D eigenvalue weighted by Gasteiger charge is -2.44. The third-order valence-electron chi connectivity index (χ3n) is 5.26. The number of carbonyl (C=O) groups excluding carboxylic acids is 2. The summed E-state index contributed by atoms with van der Waals surface area (Å²) >= 11 is 0. The van der Waals surface area contributed by atoms with Crippen molar-refractivity contribution in [2.75, 3.05) is 13.2 Å². The molecule has 1 saturated heterocycles. The Labute approximate surface area is 142 Å². The smallest absolute Gasteiger partial charge is 0.342 e. The second-order valence-electron chi connectivity index (χ2n) is 6.94. The van der Waals surface area contributed by atoms with Gasteiger partial charge in [0, 0.05) is 12.6 Å². The summed E-state index contributed by atoms with van der Waals surface area (Å²) in [5.74, 6) is -0.282. The topological polar surface area (TPSA) is 66.8 Å². The van der Waals surface area contributed by atoms with Crippen molar-refractivity contribution >= 4 is 11.9 Å². The van der Waals surface area contributed by atoms with E-state index < -0.39 is 5.97 Å². The Bertz CT molecular complexity index is 626. The molecule has 0 unspecified atom stereocenters. The van der Waals surface area contributed by atoms with Gasteiger partial charge in [-0.15, -0.1) is 0 Å². The zero-order valence-electron chi connectivity index (χ0n) is 14.2. The van der Waals surface area contributed by atoms with Gasteiger partial charge in [-0.1, -0.05) is 18.9 Å². The molecule has 24 heavy (non-hydrogen) atoms. The fourth-order valence-corrected chi connectivity index (χ4v) is 4.04. The molecule has 3 rings (SSSR count). The monoisotopic (exact) mass is 331 g/mol. The van der Waals surface area contributed by atoms with Crippen LogP contribution in [0.4, 0.5) is 0 Å². The van der Waals surface area contributed by atoms with Crippen LogP contribution < -0.4 is 0 Å². The predicted octanol–water partition coefficient (Wildman–Crippen LogP) is 3.04. The van der Waals surface area contributed by atoms with E-state index in [1.54, 1.807) is 6.07 Å². The highest BCUT2D eigenvalue weighted by Crippen LogP contribution is 2.35. The molecule has 1 aliphatic heterocycles. The molecule has 5 nitrogen and oxygen atoms in total. The molecule has 2 fully saturated rings. The lowest BCUT2D eigenvalue weighted by Crippen LogP contribution is -2.50. The summed E-state index contributed by atoms with van der Waals surface area (Å²) < 4.78 is 5.15. The number of piperidine rings is 1. The summed E-state index contributed by atoms with van der Waals surface area (Å²) in [6.45, 7) is 2.33. The highest BCUT2D eigenvalue weighted by atomic mass is 16.5. The van der Waals surface area contributed by atoms with Crippen LogP contribution in [-0.2, 0) is 9.53 Å². The first-order chi connectivity index (χ1) is 11.6. The Kier molecular flexibility index (Phi) is 5.07. The number of hydrogen-bond acceptors (Lipinski definition) is 4. The molecule has 1 heterocycles. The van der Waals surface area contributed by atoms with E-state index >= 15 is 0 Å². The molecule has 0 spiro atoms. The highest BCUT2D eigenvalue weighted by Gasteiger charge is 2.35. The molecule has 2 atom stereocenters. The van der Waals surface area contributed by atoms with Gasteiger partial charge in [-0.05, 0) is 56.2 Å². The van der Waals surface area contributed by atoms with Crippen LogP contribution >= 0.6 is 0 Å². The van der Waals surface area contributed by atoms with Gasteiger partial charge in [-0.3, -0.25) is 4.79 Å². The number of esters is 1. The Hall–Kier alpha value is -2.04. The number of amides is 1. The molecule has 1 aliphatic carbocycles. The minimum absolute atomic E-state index is 0.0996. The van der Waals surface area contributed by atoms with Gasteiger partial charge >= 0.3 is 5.97 Å². The van der Waals surface area contributed by atoms with E-state index in [1.165, 1.54) is 37.8 Å². The first-order valence-corrected chi connectivity index (χ1v) is 8.82. The van der Waals surface area contributed by atoms with Crippen LogP contribution in [0.5, 0.6) is 5.75 Å². The lowest BCUT2D eigenvalue weighted by atomic mass is 9.78. The number of aryl methyl sites for hydroxylation is 1. The van der Waals surface area contributed by atoms with Crippen molar-refractivity contribution in [3.63, 3.8) is 0 Å². The highest BCUT2D eigenvalue weighted by molar-refractivity contribution is 5.94. The molecule has 0 bridgehead atoms. The van der Waals surface area contributed by atoms with Crippen LogP contribution in [-0.4, -0.2) is 41.1 Å². The normalized spacial score (nSPS) is 23.5. The van der Waals surface area contributed by atoms with E-state index in [1.807, 2.05) is 11.8 Å². The number of hydrogen-bond donors (Lipinski definition) is 1. The van der Waals surface area contributed by atoms with Crippen molar-refractivity contribution in [1.29, 1.82) is 0 Å². The maximum Gasteiger partial charge on any atom is 0.342 e. The molecule has 1 saturated carbocycles. The molecule has 0 aromatic heterocycles. The number of carbonyl (C=O) groups is 2. The molecule has 1 aromatic rings. The summed E-state index contributed by atoms with van der Waals surface area (Å²) in [5, 5.41) is 9.83. The van der Waals surface area contributed by atoms with Crippen LogP contribution in [0.2, 0.25) is 0 Å². The number of rotatable bonds is 3. The second-order valence-corrected chi connectivity index (χ2v) is 6.94. The number of aromatic hydroxyl groups is 1. The molecule has 2 aliphatic rings. The van der Waals surface area contributed by atoms with E-state index in [0.29, 0.717) is 12.0 Å². The van der Waals surface area contributed by atoms with E-state index in [4.69, 9.17) is 4.74 Å². The lowest BCUT2D eigenvalue weighted by molar-refractivity contribution is -0.140. The second kappa shape index (κ2) is 7.24. The minimum Gasteiger partial charge on any atom is -0.507 e. The molecule has 1 aromatic carbocycles. The van der Waals surface area contributed by atoms with Crippen LogP contribution in [0.25, 0.3) is 0 Å². The van der Waals surface area contributed by atoms with Crippen molar-refractivity contribution in [2.24, 2.45) is 5.92 Å². The first kappa shape index (κ1) is 16.8. The van der Waals surface area contributed by atoms with Crippen LogP contribution in [0.3, 0.4) is 0 Å². The zero-order chi connectivity index (χ0) is 17.1. The minimum atomic E-state index is -0.655. The van der Waals surface area contributed by atoms with E-state index in [-0.39, 0.29) is 23.8 Å². The van der Waals surface area contributed by atoms with Crippen LogP contribution in [0.15, 0.2) is 18.2 Å². The number of phenols is 1. The number of likely N-dealkylation sites (tertiary alicyclic amines) is 1. The Balaban J connectivity index is 1.59. The van der Waals surface area contributed by atoms with Gasteiger partial charge in [0.25, 0.3) is 5.91 Å². The van der Waals surface area contributed by atoms with Gasteiger partial charge in [0.1, 0.15) is 11.3 Å². The predicted molar refractivity (Wildman–Crippen MR) is 89.8 cm³/mol. The van der Waals surface area contributed by atoms with Gasteiger partial charge in [0.05, 0.1) is 0 Å². The maximum atomic E-state index is 12.5. The molecule has 0 radical (unpaired) electrons. The van der Waals surface area contributed by atoms with Crippen molar-refractivity contribution in [1.82, 2.24) is 4.90 Å². The Morgan fingerprint density at radius 1 is 1.21 bits per heavy atom. The van der Waals surface area contributed by atoms with Gasteiger partial charge in [0.15, 0.2) is 6.61 Å². The first-order valence-electron chi connectivity index (χ1n) is 8.82. The number of benzene rings is 1. The van der Waals surface area contributed by atoms with E-state index in [2.05, 4.69) is 0 Å². The van der Waals surface area contributed by atoms with E-state index in [9.17, 15) is 14.7 Å². The molecule has 130 valence electrons. The van der Waals surface area contributed by atoms with Crippen LogP contribution in [0.1, 0.15) is 54.4 Å². The summed E-state index contributed by atoms with van der Waals surface area (Å²) in [6.07, 6.45) is 6.91. The third-order valence-corrected chi connectivity index (χ3v) is 5.26. The van der Waals surface area contributed by atoms with Gasteiger partial charge in [0.2, 0.25) is 0 Å². The largest absolute Gasteiger partial charge is 0.507 e. The molecule has 5 heteroatoms. The molecule has 1 N–H and O–H groups in total. The summed E-state index contributed by atoms with van der Waals surface area (Å²) in [6, 6.07) is 5.08. The van der Waals surface area contributed by atoms with Crippen molar-refractivity contribution < 1.29 is 19.4 Å². The number of nitrogens with zero attached hydrogens (tertiary/aromatic N) is 1. The quantitative estimate of drug-likeness (QED) is 0.865. The molecular formula is C19H25NO4. The van der Waals surface area contributed by atoms with Crippen molar-refractivity contribution in [3.8, 4) is 5.75 Å². The van der Waals surface area contributed by atoms with Crippen molar-refractivity contribution in [2.45, 2.75) is 51.5 Å². The Morgan fingerprint density at radius 2 is 1.96 bits per heavy atom. The fraction of sp³-hybridized carbons (Fsp3) is 0.579. The van der Waals surface area contributed by atoms with Crippen molar-refractivity contribution in [3.05, 3.63) is 29.3 Å². The number of fused-ring (bicyclic) bond motifs is 1. The standard InChI is InChI=1S/C19H25NO4/c1-13-8-9-15(17(21)11-13)19(23)24-12-18(22)20-10-4-6-14-5-2-3-7-16(14)20/h8-9,11,14,16,21H,2-7,10,12H2,1H3/t14-,16+/m1/s1. The number of phenolic OH excluding ortho intramolecular Hbond substituents is 1. The zero-order valence-corrected chi connectivity index (χ0v) is 14.2. The fourth-order valence-electron chi connectivity index (χ4n) is 4.04. The summed E-state index contributed by atoms with van der Waals surface area (Å²) in [7, 11) is 0. The number of ether oxygens (including phenoxy) is 1. The van der Waals surface area contributed by atoms with Crippen LogP contribution in [0, 0.1) is 12.8 Å². The maximum absolute atomic E-state index is 12.5. The molecule has 1 amide bonds. The SMILES string of the molecule is Cc1ccc(C(=O)OCC(=O)N2CCC[C@H]3CCCC[C@@H]32)c(O)c1. The summed E-state index contributed by atoms with van der Waals surface area (Å²) in [5.41, 5.74) is 0.958. The Morgan fingerprint density at radius 3 is 2.75 bits per heavy atom. The average Bonchev–Trinajstić information content (AvgIpc) is 2.59. The third kappa shape index (κ3) is 3.55. The van der Waals surface area contributed by atoms with Gasteiger partial charge < -0.3 is 14.7 Å². The van der Waals surface area contributed by atoms with Gasteiger partial charge in [-0.2, -0.15) is 0 Å². The van der Waals surface area contributed by atoms with E-state index in [0.717, 1.165) is 24.9 Å². The van der Waals surface area contributed by atoms with Gasteiger partial charge in [-0.25, -0.2) is 4.79 Å².